The summed E-state index contributed by atoms with van der Waals surface area (Å²) in [5.74, 6) is 0.973. The van der Waals surface area contributed by atoms with E-state index in [1.165, 1.54) is 5.56 Å². The molecule has 0 aliphatic rings. The van der Waals surface area contributed by atoms with Crippen LogP contribution in [0.15, 0.2) is 48.8 Å². The molecule has 6 heteroatoms. The predicted octanol–water partition coefficient (Wildman–Crippen LogP) is 3.81. The third-order valence-corrected chi connectivity index (χ3v) is 4.20. The van der Waals surface area contributed by atoms with Crippen LogP contribution >= 0.6 is 0 Å². The monoisotopic (exact) mass is 350 g/mol. The molecule has 2 aromatic heterocycles. The molecule has 136 valence electrons. The zero-order chi connectivity index (χ0) is 18.2. The van der Waals surface area contributed by atoms with E-state index in [4.69, 9.17) is 5.73 Å². The van der Waals surface area contributed by atoms with Crippen molar-refractivity contribution in [2.75, 3.05) is 17.6 Å². The summed E-state index contributed by atoms with van der Waals surface area (Å²) in [6.07, 6.45) is 10.3. The molecule has 3 aromatic rings. The molecule has 2 heterocycles. The fraction of sp³-hybridized carbons (Fsp3) is 0.350. The molecular formula is C20H26N6. The normalized spacial score (nSPS) is 11.4. The fourth-order valence-corrected chi connectivity index (χ4v) is 2.84. The third-order valence-electron chi connectivity index (χ3n) is 4.20. The van der Waals surface area contributed by atoms with Gasteiger partial charge in [-0.2, -0.15) is 9.97 Å². The summed E-state index contributed by atoms with van der Waals surface area (Å²) in [6.45, 7) is 3.77. The minimum Gasteiger partial charge on any atom is -0.382 e. The van der Waals surface area contributed by atoms with Crippen LogP contribution in [0, 0.1) is 0 Å². The maximum Gasteiger partial charge on any atom is 0.226 e. The molecule has 0 unspecified atom stereocenters. The molecule has 0 radical (unpaired) electrons. The van der Waals surface area contributed by atoms with Gasteiger partial charge in [0.25, 0.3) is 0 Å². The highest BCUT2D eigenvalue weighted by atomic mass is 15.2. The van der Waals surface area contributed by atoms with E-state index in [-0.39, 0.29) is 0 Å². The van der Waals surface area contributed by atoms with Crippen LogP contribution in [0.4, 0.5) is 11.8 Å². The van der Waals surface area contributed by atoms with Crippen LogP contribution in [-0.4, -0.2) is 26.1 Å². The summed E-state index contributed by atoms with van der Waals surface area (Å²) in [6, 6.07) is 10.3. The van der Waals surface area contributed by atoms with Crippen LogP contribution in [0.25, 0.3) is 11.2 Å². The number of aryl methyl sites for hydroxylation is 1. The number of nitrogens with one attached hydrogen (secondary N) is 1. The second-order valence-corrected chi connectivity index (χ2v) is 6.23. The Kier molecular flexibility index (Phi) is 6.19. The molecule has 0 saturated heterocycles. The zero-order valence-corrected chi connectivity index (χ0v) is 15.2. The Morgan fingerprint density at radius 2 is 2.00 bits per heavy atom. The zero-order valence-electron chi connectivity index (χ0n) is 15.2. The van der Waals surface area contributed by atoms with E-state index in [9.17, 15) is 0 Å². The van der Waals surface area contributed by atoms with Gasteiger partial charge in [-0.15, -0.1) is 0 Å². The molecule has 3 N–H and O–H groups in total. The molecule has 0 aliphatic carbocycles. The lowest BCUT2D eigenvalue weighted by Crippen LogP contribution is -2.10. The maximum absolute atomic E-state index is 6.07. The number of nitrogen functional groups attached to an aromatic ring is 1. The summed E-state index contributed by atoms with van der Waals surface area (Å²) < 4.78 is 2.05. The number of benzene rings is 1. The first-order chi connectivity index (χ1) is 12.8. The van der Waals surface area contributed by atoms with Gasteiger partial charge in [-0.05, 0) is 31.2 Å². The number of anilines is 2. The lowest BCUT2D eigenvalue weighted by molar-refractivity contribution is 0.660. The van der Waals surface area contributed by atoms with Crippen LogP contribution in [0.1, 0.15) is 31.7 Å². The van der Waals surface area contributed by atoms with E-state index in [1.54, 1.807) is 6.33 Å². The number of nitrogens with zero attached hydrogens (tertiary/aromatic N) is 4. The lowest BCUT2D eigenvalue weighted by Gasteiger charge is -2.07. The van der Waals surface area contributed by atoms with Crippen LogP contribution in [0.2, 0.25) is 0 Å². The number of unbranched alkanes of at least 4 members (excludes halogenated alkanes) is 1. The molecule has 0 atom stereocenters. The number of fused-ring (bicyclic) bond motifs is 1. The maximum atomic E-state index is 6.07. The molecule has 0 amide bonds. The van der Waals surface area contributed by atoms with Gasteiger partial charge in [0.2, 0.25) is 5.95 Å². The summed E-state index contributed by atoms with van der Waals surface area (Å²) >= 11 is 0. The number of rotatable bonds is 9. The molecule has 3 rings (SSSR count). The number of hydrogen-bond acceptors (Lipinski definition) is 5. The number of allylic oxidation sites excluding steroid dienone is 2. The highest BCUT2D eigenvalue weighted by Gasteiger charge is 2.11. The Balaban J connectivity index is 1.65. The van der Waals surface area contributed by atoms with Crippen LogP contribution in [0.3, 0.4) is 0 Å². The first-order valence-electron chi connectivity index (χ1n) is 9.19. The number of hydrogen-bond donors (Lipinski definition) is 2. The highest BCUT2D eigenvalue weighted by Crippen LogP contribution is 2.18. The van der Waals surface area contributed by atoms with E-state index in [2.05, 4.69) is 56.0 Å². The van der Waals surface area contributed by atoms with Crippen molar-refractivity contribution in [3.05, 3.63) is 54.4 Å². The number of imidazole rings is 1. The Morgan fingerprint density at radius 3 is 2.81 bits per heavy atom. The van der Waals surface area contributed by atoms with Crippen molar-refractivity contribution in [1.29, 1.82) is 0 Å². The van der Waals surface area contributed by atoms with Gasteiger partial charge >= 0.3 is 0 Å². The molecule has 26 heavy (non-hydrogen) atoms. The summed E-state index contributed by atoms with van der Waals surface area (Å²) in [4.78, 5) is 13.3. The number of aromatic nitrogens is 4. The summed E-state index contributed by atoms with van der Waals surface area (Å²) in [5, 5.41) is 3.27. The lowest BCUT2D eigenvalue weighted by atomic mass is 10.1. The van der Waals surface area contributed by atoms with Crippen LogP contribution in [0.5, 0.6) is 0 Å². The Bertz CT molecular complexity index is 853. The topological polar surface area (TPSA) is 81.7 Å². The fourth-order valence-electron chi connectivity index (χ4n) is 2.84. The van der Waals surface area contributed by atoms with Crippen molar-refractivity contribution < 1.29 is 0 Å². The van der Waals surface area contributed by atoms with Gasteiger partial charge in [-0.1, -0.05) is 49.4 Å². The van der Waals surface area contributed by atoms with Gasteiger partial charge < -0.3 is 15.6 Å². The minimum atomic E-state index is 0.418. The van der Waals surface area contributed by atoms with Crippen LogP contribution in [-0.2, 0) is 13.0 Å². The SMILES string of the molecule is CC/C=C/CCCn1cnc2c(N)nc(NCCc3ccccc3)nc21. The summed E-state index contributed by atoms with van der Waals surface area (Å²) in [5.41, 5.74) is 8.81. The van der Waals surface area contributed by atoms with E-state index < -0.39 is 0 Å². The third kappa shape index (κ3) is 4.59. The molecule has 0 saturated carbocycles. The second-order valence-electron chi connectivity index (χ2n) is 6.23. The van der Waals surface area contributed by atoms with Crippen molar-refractivity contribution in [2.45, 2.75) is 39.2 Å². The quantitative estimate of drug-likeness (QED) is 0.453. The molecule has 0 fully saturated rings. The molecule has 1 aromatic carbocycles. The van der Waals surface area contributed by atoms with Gasteiger partial charge in [0.15, 0.2) is 11.5 Å². The molecule has 6 nitrogen and oxygen atoms in total. The smallest absolute Gasteiger partial charge is 0.226 e. The first kappa shape index (κ1) is 17.9. The van der Waals surface area contributed by atoms with Gasteiger partial charge in [0.1, 0.15) is 5.52 Å². The van der Waals surface area contributed by atoms with Gasteiger partial charge in [0, 0.05) is 13.1 Å². The van der Waals surface area contributed by atoms with Gasteiger partial charge in [-0.25, -0.2) is 4.98 Å². The van der Waals surface area contributed by atoms with Crippen LogP contribution < -0.4 is 11.1 Å². The van der Waals surface area contributed by atoms with Crippen molar-refractivity contribution in [2.24, 2.45) is 0 Å². The first-order valence-corrected chi connectivity index (χ1v) is 9.19. The molecular weight excluding hydrogens is 324 g/mol. The van der Waals surface area contributed by atoms with Gasteiger partial charge in [-0.3, -0.25) is 0 Å². The highest BCUT2D eigenvalue weighted by molar-refractivity contribution is 5.82. The minimum absolute atomic E-state index is 0.418. The average Bonchev–Trinajstić information content (AvgIpc) is 3.06. The molecule has 0 spiro atoms. The van der Waals surface area contributed by atoms with E-state index in [0.29, 0.717) is 17.3 Å². The summed E-state index contributed by atoms with van der Waals surface area (Å²) in [7, 11) is 0. The van der Waals surface area contributed by atoms with E-state index in [0.717, 1.165) is 44.4 Å². The van der Waals surface area contributed by atoms with Crippen molar-refractivity contribution >= 4 is 22.9 Å². The van der Waals surface area contributed by atoms with Crippen molar-refractivity contribution in [1.82, 2.24) is 19.5 Å². The molecule has 0 aliphatic heterocycles. The second kappa shape index (κ2) is 8.99. The van der Waals surface area contributed by atoms with Crippen molar-refractivity contribution in [3.8, 4) is 0 Å². The standard InChI is InChI=1S/C20H26N6/c1-2-3-4-5-9-14-26-15-23-17-18(21)24-20(25-19(17)26)22-13-12-16-10-7-6-8-11-16/h3-4,6-8,10-11,15H,2,5,9,12-14H2,1H3,(H3,21,22,24,25)/b4-3+. The Hall–Kier alpha value is -2.89. The predicted molar refractivity (Wildman–Crippen MR) is 107 cm³/mol. The Labute approximate surface area is 154 Å². The number of nitrogens with two attached hydrogens (primary N) is 1. The van der Waals surface area contributed by atoms with E-state index in [1.807, 2.05) is 18.2 Å². The van der Waals surface area contributed by atoms with E-state index >= 15 is 0 Å². The Morgan fingerprint density at radius 1 is 1.15 bits per heavy atom. The van der Waals surface area contributed by atoms with Gasteiger partial charge in [0.05, 0.1) is 6.33 Å². The largest absolute Gasteiger partial charge is 0.382 e. The van der Waals surface area contributed by atoms with Crippen molar-refractivity contribution in [3.63, 3.8) is 0 Å². The average molecular weight is 350 g/mol. The molecule has 0 bridgehead atoms.